The Balaban J connectivity index is 1.79. The van der Waals surface area contributed by atoms with E-state index in [4.69, 9.17) is 0 Å². The van der Waals surface area contributed by atoms with E-state index in [0.717, 1.165) is 18.2 Å². The first-order chi connectivity index (χ1) is 11.1. The van der Waals surface area contributed by atoms with Gasteiger partial charge in [-0.05, 0) is 50.0 Å². The van der Waals surface area contributed by atoms with Crippen molar-refractivity contribution in [3.8, 4) is 0 Å². The summed E-state index contributed by atoms with van der Waals surface area (Å²) in [6.07, 6.45) is 9.57. The molecule has 1 saturated heterocycles. The summed E-state index contributed by atoms with van der Waals surface area (Å²) in [7, 11) is 0. The molecule has 2 unspecified atom stereocenters. The molecule has 2 aromatic rings. The molecule has 1 aromatic heterocycles. The third-order valence-electron chi connectivity index (χ3n) is 4.57. The number of rotatable bonds is 5. The van der Waals surface area contributed by atoms with Gasteiger partial charge in [0, 0.05) is 24.2 Å². The van der Waals surface area contributed by atoms with Crippen LogP contribution in [0.15, 0.2) is 36.9 Å². The number of hydrogen-bond donors (Lipinski definition) is 0. The van der Waals surface area contributed by atoms with Gasteiger partial charge in [-0.3, -0.25) is 0 Å². The molecule has 3 rings (SSSR count). The number of aromatic nitrogens is 2. The summed E-state index contributed by atoms with van der Waals surface area (Å²) in [5, 5.41) is 0.754. The fourth-order valence-corrected chi connectivity index (χ4v) is 7.15. The molecule has 0 bridgehead atoms. The molecule has 1 aromatic carbocycles. The number of imidazole rings is 1. The Labute approximate surface area is 148 Å². The molecule has 0 N–H and O–H groups in total. The number of aryl methyl sites for hydroxylation is 3. The van der Waals surface area contributed by atoms with Crippen molar-refractivity contribution in [3.63, 3.8) is 0 Å². The summed E-state index contributed by atoms with van der Waals surface area (Å²) in [5.74, 6) is 1.28. The van der Waals surface area contributed by atoms with Crippen molar-refractivity contribution in [2.24, 2.45) is 0 Å². The third-order valence-corrected chi connectivity index (χ3v) is 7.95. The lowest BCUT2D eigenvalue weighted by Crippen LogP contribution is -2.32. The maximum atomic E-state index is 4.18. The molecule has 0 amide bonds. The summed E-state index contributed by atoms with van der Waals surface area (Å²) in [4.78, 5) is 4.18. The van der Waals surface area contributed by atoms with Crippen molar-refractivity contribution in [1.29, 1.82) is 0 Å². The van der Waals surface area contributed by atoms with Crippen LogP contribution in [0.4, 0.5) is 0 Å². The van der Waals surface area contributed by atoms with E-state index in [9.17, 15) is 0 Å². The fraction of sp³-hybridized carbons (Fsp3) is 0.526. The summed E-state index contributed by atoms with van der Waals surface area (Å²) in [6, 6.07) is 6.91. The van der Waals surface area contributed by atoms with Gasteiger partial charge in [-0.25, -0.2) is 4.98 Å². The standard InChI is InChI=1S/C19H26N2S2/c1-15-4-5-18(16(2)12-15)13-19(22-11-6-17(3)23-19)7-9-21-10-8-20-14-21/h4-5,8,10,12,14,17H,6-7,9,11,13H2,1-3H3. The topological polar surface area (TPSA) is 17.8 Å². The van der Waals surface area contributed by atoms with Gasteiger partial charge >= 0.3 is 0 Å². The van der Waals surface area contributed by atoms with Crippen LogP contribution < -0.4 is 0 Å². The predicted octanol–water partition coefficient (Wildman–Crippen LogP) is 5.09. The average molecular weight is 347 g/mol. The van der Waals surface area contributed by atoms with Gasteiger partial charge in [0.15, 0.2) is 0 Å². The molecule has 0 spiro atoms. The largest absolute Gasteiger partial charge is 0.337 e. The van der Waals surface area contributed by atoms with Crippen molar-refractivity contribution in [1.82, 2.24) is 9.55 Å². The van der Waals surface area contributed by atoms with E-state index in [1.165, 1.54) is 35.3 Å². The van der Waals surface area contributed by atoms with Crippen molar-refractivity contribution in [3.05, 3.63) is 53.6 Å². The van der Waals surface area contributed by atoms with Crippen LogP contribution in [-0.2, 0) is 13.0 Å². The van der Waals surface area contributed by atoms with Crippen LogP contribution in [0, 0.1) is 13.8 Å². The van der Waals surface area contributed by atoms with Crippen LogP contribution in [0.3, 0.4) is 0 Å². The second-order valence-corrected chi connectivity index (χ2v) is 10.2. The molecule has 4 heteroatoms. The van der Waals surface area contributed by atoms with E-state index in [-0.39, 0.29) is 0 Å². The lowest BCUT2D eigenvalue weighted by atomic mass is 10.00. The minimum Gasteiger partial charge on any atom is -0.337 e. The smallest absolute Gasteiger partial charge is 0.0945 e. The first-order valence-electron chi connectivity index (χ1n) is 8.40. The molecule has 1 aliphatic heterocycles. The molecular weight excluding hydrogens is 320 g/mol. The van der Waals surface area contributed by atoms with Crippen molar-refractivity contribution >= 4 is 23.5 Å². The van der Waals surface area contributed by atoms with Gasteiger partial charge in [-0.1, -0.05) is 30.7 Å². The molecule has 1 fully saturated rings. The molecule has 2 nitrogen and oxygen atoms in total. The lowest BCUT2D eigenvalue weighted by Gasteiger charge is -2.39. The Bertz CT molecular complexity index is 639. The van der Waals surface area contributed by atoms with Gasteiger partial charge in [-0.2, -0.15) is 0 Å². The van der Waals surface area contributed by atoms with Crippen LogP contribution in [0.5, 0.6) is 0 Å². The highest BCUT2D eigenvalue weighted by molar-refractivity contribution is 8.19. The van der Waals surface area contributed by atoms with Crippen molar-refractivity contribution < 1.29 is 0 Å². The molecule has 2 heterocycles. The highest BCUT2D eigenvalue weighted by atomic mass is 32.2. The fourth-order valence-electron chi connectivity index (χ4n) is 3.24. The second kappa shape index (κ2) is 7.35. The van der Waals surface area contributed by atoms with Gasteiger partial charge in [0.2, 0.25) is 0 Å². The first-order valence-corrected chi connectivity index (χ1v) is 10.3. The van der Waals surface area contributed by atoms with Crippen LogP contribution in [0.25, 0.3) is 0 Å². The minimum absolute atomic E-state index is 0.294. The lowest BCUT2D eigenvalue weighted by molar-refractivity contribution is 0.588. The number of hydrogen-bond acceptors (Lipinski definition) is 3. The number of thioether (sulfide) groups is 2. The Kier molecular flexibility index (Phi) is 5.42. The molecule has 23 heavy (non-hydrogen) atoms. The highest BCUT2D eigenvalue weighted by Crippen LogP contribution is 2.50. The zero-order valence-corrected chi connectivity index (χ0v) is 15.9. The molecule has 0 aliphatic carbocycles. The summed E-state index contributed by atoms with van der Waals surface area (Å²) >= 11 is 4.37. The van der Waals surface area contributed by atoms with E-state index >= 15 is 0 Å². The number of benzene rings is 1. The maximum absolute atomic E-state index is 4.18. The summed E-state index contributed by atoms with van der Waals surface area (Å²) in [5.41, 5.74) is 4.30. The SMILES string of the molecule is Cc1ccc(CC2(CCn3ccnc3)SCCC(C)S2)c(C)c1. The van der Waals surface area contributed by atoms with Gasteiger partial charge in [0.05, 0.1) is 10.4 Å². The quantitative estimate of drug-likeness (QED) is 0.751. The van der Waals surface area contributed by atoms with E-state index in [1.54, 1.807) is 0 Å². The second-order valence-electron chi connectivity index (χ2n) is 6.63. The van der Waals surface area contributed by atoms with Crippen LogP contribution in [0.1, 0.15) is 36.5 Å². The molecule has 0 saturated carbocycles. The summed E-state index contributed by atoms with van der Waals surface area (Å²) in [6.45, 7) is 7.88. The number of nitrogens with zero attached hydrogens (tertiary/aromatic N) is 2. The van der Waals surface area contributed by atoms with Crippen LogP contribution >= 0.6 is 23.5 Å². The third kappa shape index (κ3) is 4.36. The minimum atomic E-state index is 0.294. The van der Waals surface area contributed by atoms with E-state index in [2.05, 4.69) is 78.2 Å². The zero-order chi connectivity index (χ0) is 16.3. The average Bonchev–Trinajstić information content (AvgIpc) is 3.02. The molecule has 124 valence electrons. The highest BCUT2D eigenvalue weighted by Gasteiger charge is 2.36. The molecular formula is C19H26N2S2. The molecule has 0 radical (unpaired) electrons. The molecule has 1 aliphatic rings. The molecule has 2 atom stereocenters. The van der Waals surface area contributed by atoms with E-state index in [1.807, 2.05) is 12.5 Å². The van der Waals surface area contributed by atoms with Crippen molar-refractivity contribution in [2.75, 3.05) is 5.75 Å². The van der Waals surface area contributed by atoms with Crippen LogP contribution in [0.2, 0.25) is 0 Å². The Morgan fingerprint density at radius 3 is 2.91 bits per heavy atom. The Morgan fingerprint density at radius 2 is 2.22 bits per heavy atom. The Morgan fingerprint density at radius 1 is 1.35 bits per heavy atom. The predicted molar refractivity (Wildman–Crippen MR) is 103 cm³/mol. The van der Waals surface area contributed by atoms with Crippen molar-refractivity contribution in [2.45, 2.75) is 55.9 Å². The maximum Gasteiger partial charge on any atom is 0.0945 e. The zero-order valence-electron chi connectivity index (χ0n) is 14.3. The normalized spacial score (nSPS) is 24.7. The monoisotopic (exact) mass is 346 g/mol. The van der Waals surface area contributed by atoms with Gasteiger partial charge in [-0.15, -0.1) is 23.5 Å². The van der Waals surface area contributed by atoms with Crippen LogP contribution in [-0.4, -0.2) is 24.6 Å². The van der Waals surface area contributed by atoms with Gasteiger partial charge in [0.25, 0.3) is 0 Å². The van der Waals surface area contributed by atoms with E-state index < -0.39 is 0 Å². The first kappa shape index (κ1) is 17.0. The van der Waals surface area contributed by atoms with Gasteiger partial charge < -0.3 is 4.57 Å². The van der Waals surface area contributed by atoms with E-state index in [0.29, 0.717) is 4.08 Å². The summed E-state index contributed by atoms with van der Waals surface area (Å²) < 4.78 is 2.51. The Hall–Kier alpha value is -0.870. The van der Waals surface area contributed by atoms with Gasteiger partial charge in [0.1, 0.15) is 0 Å².